The van der Waals surface area contributed by atoms with Gasteiger partial charge in [-0.2, -0.15) is 0 Å². The predicted molar refractivity (Wildman–Crippen MR) is 61.5 cm³/mol. The molecular weight excluding hydrogens is 223 g/mol. The minimum atomic E-state index is -0.610. The highest BCUT2D eigenvalue weighted by Crippen LogP contribution is 2.41. The van der Waals surface area contributed by atoms with Crippen LogP contribution in [0.15, 0.2) is 18.2 Å². The molecule has 94 valence electrons. The smallest absolute Gasteiger partial charge is 0.128 e. The zero-order chi connectivity index (χ0) is 12.5. The topological polar surface area (TPSA) is 38.7 Å². The normalized spacial score (nSPS) is 27.4. The van der Waals surface area contributed by atoms with E-state index in [2.05, 4.69) is 0 Å². The van der Waals surface area contributed by atoms with Gasteiger partial charge in [0.2, 0.25) is 0 Å². The summed E-state index contributed by atoms with van der Waals surface area (Å²) in [5.41, 5.74) is 0.150. The Bertz CT molecular complexity index is 408. The van der Waals surface area contributed by atoms with Crippen molar-refractivity contribution < 1.29 is 19.0 Å². The van der Waals surface area contributed by atoms with Crippen LogP contribution in [0.5, 0.6) is 5.75 Å². The van der Waals surface area contributed by atoms with Crippen LogP contribution in [0.3, 0.4) is 0 Å². The molecule has 0 spiro atoms. The van der Waals surface area contributed by atoms with Crippen molar-refractivity contribution in [3.8, 4) is 5.75 Å². The lowest BCUT2D eigenvalue weighted by atomic mass is 9.88. The molecule has 0 fully saturated rings. The van der Waals surface area contributed by atoms with E-state index in [0.29, 0.717) is 30.8 Å². The van der Waals surface area contributed by atoms with Gasteiger partial charge in [0.25, 0.3) is 0 Å². The molecule has 0 amide bonds. The second-order valence-corrected chi connectivity index (χ2v) is 4.70. The van der Waals surface area contributed by atoms with Crippen LogP contribution in [0.4, 0.5) is 4.39 Å². The number of benzene rings is 1. The van der Waals surface area contributed by atoms with Gasteiger partial charge >= 0.3 is 0 Å². The molecule has 0 saturated heterocycles. The minimum Gasteiger partial charge on any atom is -0.487 e. The molecule has 1 N–H and O–H groups in total. The summed E-state index contributed by atoms with van der Waals surface area (Å²) in [5.74, 6) is 0.0781. The third kappa shape index (κ3) is 2.58. The number of ether oxygens (including phenoxy) is 2. The first-order valence-electron chi connectivity index (χ1n) is 5.69. The van der Waals surface area contributed by atoms with Crippen molar-refractivity contribution in [1.29, 1.82) is 0 Å². The van der Waals surface area contributed by atoms with Crippen LogP contribution >= 0.6 is 0 Å². The SMILES string of the molecule is COCCC1(C)C[C@H](O)c2ccc(F)cc2O1. The third-order valence-corrected chi connectivity index (χ3v) is 3.15. The maximum atomic E-state index is 13.1. The molecule has 2 rings (SSSR count). The second kappa shape index (κ2) is 4.63. The summed E-state index contributed by atoms with van der Waals surface area (Å²) in [7, 11) is 1.62. The Morgan fingerprint density at radius 3 is 3.06 bits per heavy atom. The molecule has 1 unspecified atom stereocenters. The highest BCUT2D eigenvalue weighted by Gasteiger charge is 2.36. The lowest BCUT2D eigenvalue weighted by Gasteiger charge is -2.38. The van der Waals surface area contributed by atoms with Crippen molar-refractivity contribution >= 4 is 0 Å². The molecule has 0 saturated carbocycles. The van der Waals surface area contributed by atoms with E-state index in [4.69, 9.17) is 9.47 Å². The molecule has 0 bridgehead atoms. The average molecular weight is 240 g/mol. The number of methoxy groups -OCH3 is 1. The van der Waals surface area contributed by atoms with Crippen molar-refractivity contribution in [2.75, 3.05) is 13.7 Å². The average Bonchev–Trinajstić information content (AvgIpc) is 2.25. The summed E-state index contributed by atoms with van der Waals surface area (Å²) in [5, 5.41) is 10.0. The maximum Gasteiger partial charge on any atom is 0.128 e. The van der Waals surface area contributed by atoms with E-state index in [9.17, 15) is 9.50 Å². The van der Waals surface area contributed by atoms with Crippen LogP contribution in [-0.2, 0) is 4.74 Å². The van der Waals surface area contributed by atoms with E-state index in [1.165, 1.54) is 12.1 Å². The summed E-state index contributed by atoms with van der Waals surface area (Å²) in [4.78, 5) is 0. The van der Waals surface area contributed by atoms with Gasteiger partial charge in [0, 0.05) is 38.2 Å². The number of hydrogen-bond acceptors (Lipinski definition) is 3. The number of rotatable bonds is 3. The van der Waals surface area contributed by atoms with Gasteiger partial charge in [-0.1, -0.05) is 0 Å². The van der Waals surface area contributed by atoms with Gasteiger partial charge in [0.1, 0.15) is 17.2 Å². The lowest BCUT2D eigenvalue weighted by molar-refractivity contribution is -0.0204. The molecule has 0 aromatic heterocycles. The standard InChI is InChI=1S/C13H17FO3/c1-13(5-6-16-2)8-11(15)10-4-3-9(14)7-12(10)17-13/h3-4,7,11,15H,5-6,8H2,1-2H3/t11-,13?/m0/s1. The molecule has 17 heavy (non-hydrogen) atoms. The van der Waals surface area contributed by atoms with Gasteiger partial charge in [-0.25, -0.2) is 4.39 Å². The molecule has 1 aliphatic heterocycles. The highest BCUT2D eigenvalue weighted by molar-refractivity contribution is 5.38. The van der Waals surface area contributed by atoms with Crippen molar-refractivity contribution in [1.82, 2.24) is 0 Å². The lowest BCUT2D eigenvalue weighted by Crippen LogP contribution is -2.39. The van der Waals surface area contributed by atoms with Crippen LogP contribution < -0.4 is 4.74 Å². The Balaban J connectivity index is 2.25. The van der Waals surface area contributed by atoms with E-state index in [1.54, 1.807) is 13.2 Å². The van der Waals surface area contributed by atoms with E-state index < -0.39 is 11.7 Å². The fourth-order valence-electron chi connectivity index (χ4n) is 2.17. The van der Waals surface area contributed by atoms with Crippen molar-refractivity contribution in [3.05, 3.63) is 29.6 Å². The second-order valence-electron chi connectivity index (χ2n) is 4.70. The van der Waals surface area contributed by atoms with Crippen LogP contribution in [-0.4, -0.2) is 24.4 Å². The van der Waals surface area contributed by atoms with Crippen molar-refractivity contribution in [3.63, 3.8) is 0 Å². The zero-order valence-corrected chi connectivity index (χ0v) is 10.1. The van der Waals surface area contributed by atoms with Gasteiger partial charge in [-0.15, -0.1) is 0 Å². The van der Waals surface area contributed by atoms with E-state index in [1.807, 2.05) is 6.92 Å². The molecule has 3 nitrogen and oxygen atoms in total. The maximum absolute atomic E-state index is 13.1. The van der Waals surface area contributed by atoms with Crippen molar-refractivity contribution in [2.45, 2.75) is 31.5 Å². The van der Waals surface area contributed by atoms with Crippen LogP contribution in [0, 0.1) is 5.82 Å². The zero-order valence-electron chi connectivity index (χ0n) is 10.1. The van der Waals surface area contributed by atoms with E-state index in [0.717, 1.165) is 0 Å². The molecule has 2 atom stereocenters. The Hall–Kier alpha value is -1.13. The predicted octanol–water partition coefficient (Wildman–Crippen LogP) is 2.44. The van der Waals surface area contributed by atoms with Gasteiger partial charge in [-0.3, -0.25) is 0 Å². The Morgan fingerprint density at radius 2 is 2.35 bits per heavy atom. The van der Waals surface area contributed by atoms with Gasteiger partial charge < -0.3 is 14.6 Å². The highest BCUT2D eigenvalue weighted by atomic mass is 19.1. The van der Waals surface area contributed by atoms with Crippen LogP contribution in [0.1, 0.15) is 31.4 Å². The molecule has 0 radical (unpaired) electrons. The number of hydrogen-bond donors (Lipinski definition) is 1. The molecule has 1 heterocycles. The quantitative estimate of drug-likeness (QED) is 0.882. The molecule has 1 aromatic rings. The first-order chi connectivity index (χ1) is 8.04. The first kappa shape index (κ1) is 12.3. The van der Waals surface area contributed by atoms with Crippen LogP contribution in [0.2, 0.25) is 0 Å². The molecule has 4 heteroatoms. The summed E-state index contributed by atoms with van der Waals surface area (Å²) >= 11 is 0. The molecule has 1 aliphatic rings. The van der Waals surface area contributed by atoms with E-state index in [-0.39, 0.29) is 5.82 Å². The largest absolute Gasteiger partial charge is 0.487 e. The van der Waals surface area contributed by atoms with Gasteiger partial charge in [0.05, 0.1) is 6.10 Å². The minimum absolute atomic E-state index is 0.355. The van der Waals surface area contributed by atoms with Gasteiger partial charge in [-0.05, 0) is 19.1 Å². The van der Waals surface area contributed by atoms with Crippen molar-refractivity contribution in [2.24, 2.45) is 0 Å². The number of aliphatic hydroxyl groups is 1. The summed E-state index contributed by atoms with van der Waals surface area (Å²) < 4.78 is 24.0. The van der Waals surface area contributed by atoms with E-state index >= 15 is 0 Å². The molecule has 0 aliphatic carbocycles. The fourth-order valence-corrected chi connectivity index (χ4v) is 2.17. The van der Waals surface area contributed by atoms with Crippen LogP contribution in [0.25, 0.3) is 0 Å². The number of aliphatic hydroxyl groups excluding tert-OH is 1. The summed E-state index contributed by atoms with van der Waals surface area (Å²) in [6, 6.07) is 4.23. The number of halogens is 1. The fraction of sp³-hybridized carbons (Fsp3) is 0.538. The monoisotopic (exact) mass is 240 g/mol. The Morgan fingerprint density at radius 1 is 1.59 bits per heavy atom. The number of fused-ring (bicyclic) bond motifs is 1. The first-order valence-corrected chi connectivity index (χ1v) is 5.69. The summed E-state index contributed by atoms with van der Waals surface area (Å²) in [6.07, 6.45) is 0.548. The molecule has 1 aromatic carbocycles. The van der Waals surface area contributed by atoms with Gasteiger partial charge in [0.15, 0.2) is 0 Å². The Kier molecular flexibility index (Phi) is 3.35. The molecular formula is C13H17FO3. The summed E-state index contributed by atoms with van der Waals surface area (Å²) in [6.45, 7) is 2.46. The third-order valence-electron chi connectivity index (χ3n) is 3.15. The Labute approximate surface area is 100 Å².